The zero-order chi connectivity index (χ0) is 26.2. The molecular weight excluding hydrogens is 484 g/mol. The lowest BCUT2D eigenvalue weighted by atomic mass is 9.90. The number of rotatable bonds is 8. The molecule has 3 heterocycles. The molecule has 0 saturated heterocycles. The minimum absolute atomic E-state index is 0.00923. The molecule has 6 rings (SSSR count). The highest BCUT2D eigenvalue weighted by Gasteiger charge is 2.52. The second-order valence-corrected chi connectivity index (χ2v) is 10.3. The zero-order valence-electron chi connectivity index (χ0n) is 21.2. The highest BCUT2D eigenvalue weighted by molar-refractivity contribution is 5.91. The number of nitrogens with zero attached hydrogens (tertiary/aromatic N) is 6. The number of nitrogens with one attached hydrogen (secondary N) is 2. The normalized spacial score (nSPS) is 24.2. The number of urea groups is 1. The smallest absolute Gasteiger partial charge is 0.324 e. The standard InChI is InChI=1S/C27H32N8O3/c1-2-11-34-24(19-8-10-29-33-19)30-21-15-28-26(32-25(21)34)35(12-9-16-6-4-3-5-7-16)27(38)31-20-14-17-13-18(20)23(37)22(17)36/h3-8,10,15,17-18,20,22-23,36-37H,2,9,11-14H2,1H3,(H,29,33)(H,31,38). The van der Waals surface area contributed by atoms with Crippen LogP contribution in [0.25, 0.3) is 22.7 Å². The van der Waals surface area contributed by atoms with Crippen molar-refractivity contribution < 1.29 is 15.0 Å². The van der Waals surface area contributed by atoms with Crippen molar-refractivity contribution in [3.8, 4) is 11.5 Å². The summed E-state index contributed by atoms with van der Waals surface area (Å²) in [5.41, 5.74) is 3.17. The summed E-state index contributed by atoms with van der Waals surface area (Å²) in [6.45, 7) is 3.16. The first-order valence-electron chi connectivity index (χ1n) is 13.2. The predicted molar refractivity (Wildman–Crippen MR) is 141 cm³/mol. The Labute approximate surface area is 219 Å². The molecule has 11 nitrogen and oxygen atoms in total. The quantitative estimate of drug-likeness (QED) is 0.282. The van der Waals surface area contributed by atoms with Crippen LogP contribution in [0.4, 0.5) is 10.7 Å². The van der Waals surface area contributed by atoms with Gasteiger partial charge in [0.2, 0.25) is 5.95 Å². The van der Waals surface area contributed by atoms with E-state index in [2.05, 4.69) is 27.4 Å². The summed E-state index contributed by atoms with van der Waals surface area (Å²) in [6, 6.07) is 11.3. The first-order valence-corrected chi connectivity index (χ1v) is 13.2. The van der Waals surface area contributed by atoms with Gasteiger partial charge in [-0.25, -0.2) is 14.8 Å². The lowest BCUT2D eigenvalue weighted by Crippen LogP contribution is -2.52. The molecule has 2 aliphatic carbocycles. The number of aliphatic hydroxyl groups excluding tert-OH is 2. The summed E-state index contributed by atoms with van der Waals surface area (Å²) in [5.74, 6) is 0.875. The number of aryl methyl sites for hydroxylation is 1. The van der Waals surface area contributed by atoms with Crippen LogP contribution in [-0.2, 0) is 13.0 Å². The first-order chi connectivity index (χ1) is 18.5. The number of aliphatic hydroxyl groups is 2. The molecular formula is C27H32N8O3. The van der Waals surface area contributed by atoms with Gasteiger partial charge in [0.05, 0.1) is 18.4 Å². The number of aromatic nitrogens is 6. The third-order valence-electron chi connectivity index (χ3n) is 7.85. The van der Waals surface area contributed by atoms with Crippen LogP contribution in [0.3, 0.4) is 0 Å². The average Bonchev–Trinajstić information content (AvgIpc) is 3.71. The minimum Gasteiger partial charge on any atom is -0.390 e. The minimum atomic E-state index is -0.811. The maximum absolute atomic E-state index is 13.7. The van der Waals surface area contributed by atoms with E-state index < -0.39 is 12.2 Å². The van der Waals surface area contributed by atoms with Crippen molar-refractivity contribution in [2.75, 3.05) is 11.4 Å². The summed E-state index contributed by atoms with van der Waals surface area (Å²) in [5, 5.41) is 30.7. The molecule has 2 aliphatic rings. The van der Waals surface area contributed by atoms with Crippen molar-refractivity contribution in [1.82, 2.24) is 35.0 Å². The van der Waals surface area contributed by atoms with E-state index in [0.29, 0.717) is 49.5 Å². The zero-order valence-corrected chi connectivity index (χ0v) is 21.2. The fraction of sp³-hybridized carbons (Fsp3) is 0.444. The van der Waals surface area contributed by atoms with Crippen LogP contribution >= 0.6 is 0 Å². The summed E-state index contributed by atoms with van der Waals surface area (Å²) in [6.07, 6.45) is 4.69. The Bertz CT molecular complexity index is 1400. The molecule has 5 unspecified atom stereocenters. The average molecular weight is 517 g/mol. The van der Waals surface area contributed by atoms with E-state index in [1.165, 1.54) is 0 Å². The predicted octanol–water partition coefficient (Wildman–Crippen LogP) is 2.52. The third-order valence-corrected chi connectivity index (χ3v) is 7.85. The summed E-state index contributed by atoms with van der Waals surface area (Å²) in [4.78, 5) is 29.4. The van der Waals surface area contributed by atoms with Gasteiger partial charge in [-0.1, -0.05) is 37.3 Å². The Morgan fingerprint density at radius 3 is 2.71 bits per heavy atom. The highest BCUT2D eigenvalue weighted by atomic mass is 16.3. The molecule has 2 fully saturated rings. The van der Waals surface area contributed by atoms with E-state index in [1.54, 1.807) is 17.3 Å². The van der Waals surface area contributed by atoms with Gasteiger partial charge in [-0.05, 0) is 43.2 Å². The van der Waals surface area contributed by atoms with Crippen molar-refractivity contribution in [3.05, 3.63) is 54.4 Å². The number of hydrogen-bond donors (Lipinski definition) is 4. The van der Waals surface area contributed by atoms with Crippen molar-refractivity contribution in [3.63, 3.8) is 0 Å². The lowest BCUT2D eigenvalue weighted by molar-refractivity contribution is -0.0244. The molecule has 4 aromatic rings. The largest absolute Gasteiger partial charge is 0.390 e. The Hall–Kier alpha value is -3.83. The second kappa shape index (κ2) is 10.1. The van der Waals surface area contributed by atoms with E-state index in [1.807, 2.05) is 41.0 Å². The monoisotopic (exact) mass is 516 g/mol. The van der Waals surface area contributed by atoms with Gasteiger partial charge in [0.25, 0.3) is 0 Å². The maximum Gasteiger partial charge on any atom is 0.324 e. The Morgan fingerprint density at radius 2 is 2.00 bits per heavy atom. The third kappa shape index (κ3) is 4.41. The number of amides is 2. The number of carbonyl (C=O) groups excluding carboxylic acids is 1. The number of anilines is 1. The van der Waals surface area contributed by atoms with Crippen LogP contribution in [0, 0.1) is 11.8 Å². The number of aromatic amines is 1. The van der Waals surface area contributed by atoms with Crippen molar-refractivity contribution in [2.24, 2.45) is 11.8 Å². The summed E-state index contributed by atoms with van der Waals surface area (Å²) < 4.78 is 2.02. The van der Waals surface area contributed by atoms with Crippen LogP contribution in [0.15, 0.2) is 48.8 Å². The molecule has 0 aliphatic heterocycles. The van der Waals surface area contributed by atoms with Gasteiger partial charge in [0.1, 0.15) is 11.2 Å². The van der Waals surface area contributed by atoms with Crippen LogP contribution in [0.5, 0.6) is 0 Å². The van der Waals surface area contributed by atoms with Crippen LogP contribution in [0.2, 0.25) is 0 Å². The van der Waals surface area contributed by atoms with Crippen LogP contribution < -0.4 is 10.2 Å². The number of fused-ring (bicyclic) bond motifs is 3. The Morgan fingerprint density at radius 1 is 1.16 bits per heavy atom. The number of benzene rings is 1. The van der Waals surface area contributed by atoms with Gasteiger partial charge in [-0.15, -0.1) is 0 Å². The molecule has 4 N–H and O–H groups in total. The molecule has 1 aromatic carbocycles. The molecule has 5 atom stereocenters. The van der Waals surface area contributed by atoms with E-state index in [9.17, 15) is 15.0 Å². The van der Waals surface area contributed by atoms with Gasteiger partial charge >= 0.3 is 6.03 Å². The van der Waals surface area contributed by atoms with Gasteiger partial charge in [0, 0.05) is 31.2 Å². The Balaban J connectivity index is 1.32. The number of hydrogen-bond acceptors (Lipinski definition) is 7. The topological polar surface area (TPSA) is 145 Å². The SMILES string of the molecule is CCCn1c(-c2ccn[nH]2)nc2cnc(N(CCc3ccccc3)C(=O)NC3CC4CC3C(O)C4O)nc21. The highest BCUT2D eigenvalue weighted by Crippen LogP contribution is 2.45. The molecule has 2 saturated carbocycles. The molecule has 198 valence electrons. The molecule has 2 bridgehead atoms. The lowest BCUT2D eigenvalue weighted by Gasteiger charge is -2.32. The number of imidazole rings is 1. The first kappa shape index (κ1) is 24.5. The fourth-order valence-electron chi connectivity index (χ4n) is 5.94. The van der Waals surface area contributed by atoms with Gasteiger partial charge in [-0.2, -0.15) is 10.1 Å². The van der Waals surface area contributed by atoms with Crippen LogP contribution in [0.1, 0.15) is 31.7 Å². The number of H-pyrrole nitrogens is 1. The van der Waals surface area contributed by atoms with E-state index in [4.69, 9.17) is 9.97 Å². The summed E-state index contributed by atoms with van der Waals surface area (Å²) >= 11 is 0. The molecule has 3 aromatic heterocycles. The van der Waals surface area contributed by atoms with Crippen molar-refractivity contribution in [2.45, 2.75) is 57.4 Å². The summed E-state index contributed by atoms with van der Waals surface area (Å²) in [7, 11) is 0. The molecule has 2 amide bonds. The second-order valence-electron chi connectivity index (χ2n) is 10.3. The van der Waals surface area contributed by atoms with E-state index >= 15 is 0 Å². The molecule has 11 heteroatoms. The van der Waals surface area contributed by atoms with Crippen molar-refractivity contribution >= 4 is 23.1 Å². The molecule has 0 spiro atoms. The van der Waals surface area contributed by atoms with Crippen LogP contribution in [-0.4, -0.2) is 70.8 Å². The molecule has 0 radical (unpaired) electrons. The van der Waals surface area contributed by atoms with Crippen molar-refractivity contribution in [1.29, 1.82) is 0 Å². The Kier molecular flexibility index (Phi) is 6.54. The maximum atomic E-state index is 13.7. The molecule has 38 heavy (non-hydrogen) atoms. The fourth-order valence-corrected chi connectivity index (χ4v) is 5.94. The number of carbonyl (C=O) groups is 1. The van der Waals surface area contributed by atoms with E-state index in [-0.39, 0.29) is 23.9 Å². The van der Waals surface area contributed by atoms with Gasteiger partial charge in [-0.3, -0.25) is 10.00 Å². The van der Waals surface area contributed by atoms with E-state index in [0.717, 1.165) is 23.5 Å². The van der Waals surface area contributed by atoms with Gasteiger partial charge in [0.15, 0.2) is 11.5 Å². The van der Waals surface area contributed by atoms with Gasteiger partial charge < -0.3 is 20.1 Å².